The molecule has 0 radical (unpaired) electrons. The van der Waals surface area contributed by atoms with Gasteiger partial charge in [0.1, 0.15) is 12.4 Å². The maximum Gasteiger partial charge on any atom is 0.251 e. The van der Waals surface area contributed by atoms with E-state index in [1.54, 1.807) is 34.9 Å². The van der Waals surface area contributed by atoms with Gasteiger partial charge in [-0.3, -0.25) is 9.59 Å². The zero-order valence-corrected chi connectivity index (χ0v) is 19.6. The second kappa shape index (κ2) is 9.65. The molecular formula is C25H22Cl2N4O2. The molecule has 0 saturated heterocycles. The van der Waals surface area contributed by atoms with Gasteiger partial charge in [0.15, 0.2) is 0 Å². The Morgan fingerprint density at radius 2 is 1.67 bits per heavy atom. The summed E-state index contributed by atoms with van der Waals surface area (Å²) in [6, 6.07) is 19.3. The molecule has 0 aliphatic rings. The van der Waals surface area contributed by atoms with Gasteiger partial charge in [0.25, 0.3) is 5.91 Å². The van der Waals surface area contributed by atoms with Gasteiger partial charge in [-0.2, -0.15) is 0 Å². The monoisotopic (exact) mass is 480 g/mol. The summed E-state index contributed by atoms with van der Waals surface area (Å²) in [7, 11) is 0. The number of aryl methyl sites for hydroxylation is 1. The summed E-state index contributed by atoms with van der Waals surface area (Å²) in [6.07, 6.45) is 0. The molecule has 0 fully saturated rings. The van der Waals surface area contributed by atoms with Crippen molar-refractivity contribution in [1.29, 1.82) is 0 Å². The van der Waals surface area contributed by atoms with Gasteiger partial charge in [0, 0.05) is 21.3 Å². The summed E-state index contributed by atoms with van der Waals surface area (Å²) < 4.78 is 1.80. The van der Waals surface area contributed by atoms with E-state index in [9.17, 15) is 9.59 Å². The topological polar surface area (TPSA) is 76.0 Å². The Balaban J connectivity index is 1.59. The minimum atomic E-state index is -0.431. The average molecular weight is 481 g/mol. The predicted octanol–water partition coefficient (Wildman–Crippen LogP) is 5.78. The maximum absolute atomic E-state index is 12.9. The van der Waals surface area contributed by atoms with Crippen LogP contribution in [-0.2, 0) is 11.3 Å². The van der Waals surface area contributed by atoms with Crippen LogP contribution in [0.1, 0.15) is 34.7 Å². The van der Waals surface area contributed by atoms with E-state index in [2.05, 4.69) is 15.6 Å². The first-order valence-corrected chi connectivity index (χ1v) is 11.1. The van der Waals surface area contributed by atoms with Gasteiger partial charge in [-0.25, -0.2) is 4.98 Å². The van der Waals surface area contributed by atoms with Gasteiger partial charge in [-0.15, -0.1) is 0 Å². The number of aromatic nitrogens is 2. The number of rotatable bonds is 6. The predicted molar refractivity (Wildman–Crippen MR) is 132 cm³/mol. The fourth-order valence-corrected chi connectivity index (χ4v) is 4.14. The van der Waals surface area contributed by atoms with Crippen LogP contribution in [0.3, 0.4) is 0 Å². The number of fused-ring (bicyclic) bond motifs is 1. The summed E-state index contributed by atoms with van der Waals surface area (Å²) >= 11 is 12.1. The molecule has 0 saturated carbocycles. The molecule has 2 N–H and O–H groups in total. The van der Waals surface area contributed by atoms with Crippen molar-refractivity contribution in [2.24, 2.45) is 0 Å². The Hall–Kier alpha value is -3.35. The smallest absolute Gasteiger partial charge is 0.251 e. The molecule has 1 aromatic heterocycles. The van der Waals surface area contributed by atoms with Crippen molar-refractivity contribution in [3.05, 3.63) is 93.7 Å². The highest BCUT2D eigenvalue weighted by Crippen LogP contribution is 2.24. The number of hydrogen-bond donors (Lipinski definition) is 2. The molecule has 8 heteroatoms. The van der Waals surface area contributed by atoms with Crippen LogP contribution in [0.4, 0.5) is 5.69 Å². The molecule has 168 valence electrons. The molecule has 3 aromatic carbocycles. The van der Waals surface area contributed by atoms with Crippen molar-refractivity contribution in [3.8, 4) is 0 Å². The molecule has 1 atom stereocenters. The molecule has 6 nitrogen and oxygen atoms in total. The Kier molecular flexibility index (Phi) is 6.67. The lowest BCUT2D eigenvalue weighted by atomic mass is 10.1. The zero-order valence-electron chi connectivity index (χ0n) is 18.1. The zero-order chi connectivity index (χ0) is 23.5. The van der Waals surface area contributed by atoms with Crippen LogP contribution >= 0.6 is 23.2 Å². The highest BCUT2D eigenvalue weighted by molar-refractivity contribution is 6.35. The molecule has 33 heavy (non-hydrogen) atoms. The third-order valence-corrected chi connectivity index (χ3v) is 5.62. The molecule has 0 aliphatic heterocycles. The number of carbonyl (C=O) groups excluding carboxylic acids is 2. The standard InChI is InChI=1S/C25H22Cl2N4O2/c1-15-7-9-17(10-8-15)25(33)28-16(2)24-30-21-5-3-4-6-22(21)31(24)14-23(32)29-20-12-18(26)11-19(27)13-20/h3-13,16H,14H2,1-2H3,(H,28,33)(H,29,32)/t16-/m1/s1. The van der Waals surface area contributed by atoms with Gasteiger partial charge in [-0.1, -0.05) is 53.0 Å². The number of amides is 2. The van der Waals surface area contributed by atoms with Crippen LogP contribution in [0.2, 0.25) is 10.0 Å². The number of carbonyl (C=O) groups is 2. The highest BCUT2D eigenvalue weighted by atomic mass is 35.5. The minimum Gasteiger partial charge on any atom is -0.342 e. The third-order valence-electron chi connectivity index (χ3n) is 5.18. The molecule has 2 amide bonds. The van der Waals surface area contributed by atoms with E-state index in [0.717, 1.165) is 16.6 Å². The normalized spacial score (nSPS) is 11.9. The van der Waals surface area contributed by atoms with E-state index in [1.807, 2.05) is 50.2 Å². The minimum absolute atomic E-state index is 0.00468. The SMILES string of the molecule is Cc1ccc(C(=O)N[C@H](C)c2nc3ccccc3n2CC(=O)Nc2cc(Cl)cc(Cl)c2)cc1. The Labute approximate surface area is 201 Å². The second-order valence-corrected chi connectivity index (χ2v) is 8.69. The number of hydrogen-bond acceptors (Lipinski definition) is 3. The number of halogens is 2. The number of para-hydroxylation sites is 2. The quantitative estimate of drug-likeness (QED) is 0.367. The van der Waals surface area contributed by atoms with Gasteiger partial charge in [0.2, 0.25) is 5.91 Å². The molecule has 0 unspecified atom stereocenters. The maximum atomic E-state index is 12.9. The number of nitrogens with zero attached hydrogens (tertiary/aromatic N) is 2. The lowest BCUT2D eigenvalue weighted by Crippen LogP contribution is -2.30. The molecule has 0 aliphatic carbocycles. The third kappa shape index (κ3) is 5.35. The first-order valence-electron chi connectivity index (χ1n) is 10.4. The van der Waals surface area contributed by atoms with Crippen LogP contribution in [-0.4, -0.2) is 21.4 Å². The number of imidazole rings is 1. The van der Waals surface area contributed by atoms with Crippen molar-refractivity contribution in [3.63, 3.8) is 0 Å². The van der Waals surface area contributed by atoms with E-state index in [4.69, 9.17) is 23.2 Å². The number of benzene rings is 3. The molecule has 0 spiro atoms. The van der Waals surface area contributed by atoms with E-state index in [0.29, 0.717) is 27.1 Å². The van der Waals surface area contributed by atoms with Gasteiger partial charge >= 0.3 is 0 Å². The van der Waals surface area contributed by atoms with Crippen molar-refractivity contribution in [1.82, 2.24) is 14.9 Å². The van der Waals surface area contributed by atoms with E-state index >= 15 is 0 Å². The van der Waals surface area contributed by atoms with Crippen molar-refractivity contribution in [2.45, 2.75) is 26.4 Å². The van der Waals surface area contributed by atoms with E-state index in [1.165, 1.54) is 0 Å². The lowest BCUT2D eigenvalue weighted by molar-refractivity contribution is -0.116. The summed E-state index contributed by atoms with van der Waals surface area (Å²) in [5, 5.41) is 6.66. The Morgan fingerprint density at radius 1 is 1.00 bits per heavy atom. The number of anilines is 1. The lowest BCUT2D eigenvalue weighted by Gasteiger charge is -2.16. The van der Waals surface area contributed by atoms with Crippen LogP contribution in [0.25, 0.3) is 11.0 Å². The van der Waals surface area contributed by atoms with Crippen LogP contribution < -0.4 is 10.6 Å². The molecule has 1 heterocycles. The fourth-order valence-electron chi connectivity index (χ4n) is 3.61. The summed E-state index contributed by atoms with van der Waals surface area (Å²) in [5.41, 5.74) is 3.68. The van der Waals surface area contributed by atoms with E-state index in [-0.39, 0.29) is 18.4 Å². The second-order valence-electron chi connectivity index (χ2n) is 7.81. The Morgan fingerprint density at radius 3 is 2.36 bits per heavy atom. The van der Waals surface area contributed by atoms with Crippen LogP contribution in [0.5, 0.6) is 0 Å². The molecule has 0 bridgehead atoms. The summed E-state index contributed by atoms with van der Waals surface area (Å²) in [4.78, 5) is 30.3. The first kappa shape index (κ1) is 22.8. The summed E-state index contributed by atoms with van der Waals surface area (Å²) in [5.74, 6) is 0.102. The largest absolute Gasteiger partial charge is 0.342 e. The summed E-state index contributed by atoms with van der Waals surface area (Å²) in [6.45, 7) is 3.82. The van der Waals surface area contributed by atoms with Crippen LogP contribution in [0, 0.1) is 6.92 Å². The number of nitrogens with one attached hydrogen (secondary N) is 2. The first-order chi connectivity index (χ1) is 15.8. The van der Waals surface area contributed by atoms with Gasteiger partial charge < -0.3 is 15.2 Å². The van der Waals surface area contributed by atoms with Crippen molar-refractivity contribution < 1.29 is 9.59 Å². The van der Waals surface area contributed by atoms with Crippen LogP contribution in [0.15, 0.2) is 66.7 Å². The van der Waals surface area contributed by atoms with Gasteiger partial charge in [-0.05, 0) is 56.3 Å². The fraction of sp³-hybridized carbons (Fsp3) is 0.160. The average Bonchev–Trinajstić information content (AvgIpc) is 3.12. The molecule has 4 rings (SSSR count). The molecular weight excluding hydrogens is 459 g/mol. The van der Waals surface area contributed by atoms with Gasteiger partial charge in [0.05, 0.1) is 17.1 Å². The molecule has 4 aromatic rings. The Bertz CT molecular complexity index is 1310. The van der Waals surface area contributed by atoms with E-state index < -0.39 is 6.04 Å². The highest BCUT2D eigenvalue weighted by Gasteiger charge is 2.20. The van der Waals surface area contributed by atoms with Crippen molar-refractivity contribution in [2.75, 3.05) is 5.32 Å². The van der Waals surface area contributed by atoms with Crippen molar-refractivity contribution >= 4 is 51.7 Å².